The molecule has 0 aromatic heterocycles. The summed E-state index contributed by atoms with van der Waals surface area (Å²) in [7, 11) is 0. The highest BCUT2D eigenvalue weighted by Crippen LogP contribution is 2.39. The first kappa shape index (κ1) is 17.3. The van der Waals surface area contributed by atoms with Crippen molar-refractivity contribution >= 4 is 0 Å². The molecular weight excluding hydrogens is 258 g/mol. The Kier molecular flexibility index (Phi) is 7.53. The molecule has 0 aliphatic carbocycles. The molecule has 124 valence electrons. The van der Waals surface area contributed by atoms with E-state index in [9.17, 15) is 5.11 Å². The SMILES string of the molecule is CCCCCCCCCCCCC1(O)CCN2CCCC21. The van der Waals surface area contributed by atoms with Gasteiger partial charge in [0.2, 0.25) is 0 Å². The second kappa shape index (κ2) is 9.15. The van der Waals surface area contributed by atoms with Crippen molar-refractivity contribution in [2.45, 2.75) is 108 Å². The molecule has 2 atom stereocenters. The molecule has 0 saturated carbocycles. The molecule has 2 saturated heterocycles. The highest BCUT2D eigenvalue weighted by atomic mass is 16.3. The van der Waals surface area contributed by atoms with Crippen molar-refractivity contribution in [2.75, 3.05) is 13.1 Å². The van der Waals surface area contributed by atoms with Gasteiger partial charge in [-0.3, -0.25) is 4.90 Å². The Labute approximate surface area is 132 Å². The van der Waals surface area contributed by atoms with Crippen LogP contribution in [0.1, 0.15) is 96.8 Å². The predicted octanol–water partition coefficient (Wildman–Crippen LogP) is 4.90. The Balaban J connectivity index is 1.45. The minimum atomic E-state index is -0.337. The molecule has 0 amide bonds. The maximum absolute atomic E-state index is 10.8. The summed E-state index contributed by atoms with van der Waals surface area (Å²) in [6.45, 7) is 4.65. The fraction of sp³-hybridized carbons (Fsp3) is 1.00. The summed E-state index contributed by atoms with van der Waals surface area (Å²) in [6.07, 6.45) is 18.4. The summed E-state index contributed by atoms with van der Waals surface area (Å²) in [5.41, 5.74) is -0.337. The third-order valence-electron chi connectivity index (χ3n) is 5.78. The first-order valence-electron chi connectivity index (χ1n) is 9.73. The van der Waals surface area contributed by atoms with Gasteiger partial charge in [-0.2, -0.15) is 0 Å². The van der Waals surface area contributed by atoms with Crippen LogP contribution in [0.5, 0.6) is 0 Å². The molecule has 0 aromatic carbocycles. The maximum Gasteiger partial charge on any atom is 0.0814 e. The first-order chi connectivity index (χ1) is 10.3. The molecular formula is C19H37NO. The third kappa shape index (κ3) is 5.25. The summed E-state index contributed by atoms with van der Waals surface area (Å²) in [5.74, 6) is 0. The van der Waals surface area contributed by atoms with Crippen LogP contribution in [-0.4, -0.2) is 34.7 Å². The highest BCUT2D eigenvalue weighted by Gasteiger charge is 2.47. The van der Waals surface area contributed by atoms with Crippen LogP contribution in [-0.2, 0) is 0 Å². The van der Waals surface area contributed by atoms with Gasteiger partial charge in [0.05, 0.1) is 5.60 Å². The van der Waals surface area contributed by atoms with Gasteiger partial charge < -0.3 is 5.11 Å². The van der Waals surface area contributed by atoms with E-state index in [0.29, 0.717) is 6.04 Å². The van der Waals surface area contributed by atoms with Crippen LogP contribution in [0.4, 0.5) is 0 Å². The first-order valence-corrected chi connectivity index (χ1v) is 9.73. The van der Waals surface area contributed by atoms with Crippen LogP contribution < -0.4 is 0 Å². The Bertz CT molecular complexity index is 281. The van der Waals surface area contributed by atoms with E-state index in [1.165, 1.54) is 83.6 Å². The zero-order valence-electron chi connectivity index (χ0n) is 14.3. The van der Waals surface area contributed by atoms with Gasteiger partial charge in [-0.1, -0.05) is 71.1 Å². The second-order valence-electron chi connectivity index (χ2n) is 7.48. The van der Waals surface area contributed by atoms with Crippen LogP contribution in [0.3, 0.4) is 0 Å². The molecule has 2 fully saturated rings. The molecule has 0 spiro atoms. The lowest BCUT2D eigenvalue weighted by atomic mass is 9.87. The van der Waals surface area contributed by atoms with E-state index in [4.69, 9.17) is 0 Å². The number of hydrogen-bond donors (Lipinski definition) is 1. The van der Waals surface area contributed by atoms with Gasteiger partial charge in [-0.15, -0.1) is 0 Å². The lowest BCUT2D eigenvalue weighted by molar-refractivity contribution is 0.00361. The molecule has 2 nitrogen and oxygen atoms in total. The van der Waals surface area contributed by atoms with E-state index in [1.54, 1.807) is 0 Å². The van der Waals surface area contributed by atoms with Crippen molar-refractivity contribution in [3.8, 4) is 0 Å². The normalized spacial score (nSPS) is 29.1. The standard InChI is InChI=1S/C19H37NO/c1-2-3-4-5-6-7-8-9-10-11-14-19(21)15-17-20-16-12-13-18(19)20/h18,21H,2-17H2,1H3. The highest BCUT2D eigenvalue weighted by molar-refractivity contribution is 5.02. The van der Waals surface area contributed by atoms with Gasteiger partial charge in [0.1, 0.15) is 0 Å². The van der Waals surface area contributed by atoms with Crippen LogP contribution in [0.2, 0.25) is 0 Å². The minimum Gasteiger partial charge on any atom is -0.388 e. The second-order valence-corrected chi connectivity index (χ2v) is 7.48. The van der Waals surface area contributed by atoms with Gasteiger partial charge in [-0.05, 0) is 32.2 Å². The summed E-state index contributed by atoms with van der Waals surface area (Å²) >= 11 is 0. The van der Waals surface area contributed by atoms with Crippen molar-refractivity contribution in [2.24, 2.45) is 0 Å². The summed E-state index contributed by atoms with van der Waals surface area (Å²) < 4.78 is 0. The van der Waals surface area contributed by atoms with Crippen LogP contribution >= 0.6 is 0 Å². The van der Waals surface area contributed by atoms with E-state index >= 15 is 0 Å². The molecule has 0 radical (unpaired) electrons. The molecule has 0 aromatic rings. The lowest BCUT2D eigenvalue weighted by Crippen LogP contribution is -2.41. The van der Waals surface area contributed by atoms with E-state index in [2.05, 4.69) is 11.8 Å². The Hall–Kier alpha value is -0.0800. The topological polar surface area (TPSA) is 23.5 Å². The molecule has 1 N–H and O–H groups in total. The smallest absolute Gasteiger partial charge is 0.0814 e. The monoisotopic (exact) mass is 295 g/mol. The number of fused-ring (bicyclic) bond motifs is 1. The molecule has 2 aliphatic heterocycles. The predicted molar refractivity (Wildman–Crippen MR) is 90.6 cm³/mol. The zero-order valence-corrected chi connectivity index (χ0v) is 14.3. The molecule has 2 heteroatoms. The average Bonchev–Trinajstić information content (AvgIpc) is 3.06. The maximum atomic E-state index is 10.8. The van der Waals surface area contributed by atoms with Crippen LogP contribution in [0, 0.1) is 0 Å². The summed E-state index contributed by atoms with van der Waals surface area (Å²) in [6, 6.07) is 0.496. The summed E-state index contributed by atoms with van der Waals surface area (Å²) in [5, 5.41) is 10.8. The van der Waals surface area contributed by atoms with Gasteiger partial charge in [0, 0.05) is 12.6 Å². The zero-order chi connectivity index (χ0) is 15.0. The van der Waals surface area contributed by atoms with Gasteiger partial charge >= 0.3 is 0 Å². The fourth-order valence-corrected chi connectivity index (χ4v) is 4.42. The van der Waals surface area contributed by atoms with E-state index in [0.717, 1.165) is 19.4 Å². The molecule has 0 bridgehead atoms. The number of hydrogen-bond acceptors (Lipinski definition) is 2. The Morgan fingerprint density at radius 3 is 2.19 bits per heavy atom. The fourth-order valence-electron chi connectivity index (χ4n) is 4.42. The lowest BCUT2D eigenvalue weighted by Gasteiger charge is -2.30. The molecule has 21 heavy (non-hydrogen) atoms. The molecule has 2 rings (SSSR count). The van der Waals surface area contributed by atoms with Gasteiger partial charge in [0.15, 0.2) is 0 Å². The number of nitrogens with zero attached hydrogens (tertiary/aromatic N) is 1. The van der Waals surface area contributed by atoms with Gasteiger partial charge in [-0.25, -0.2) is 0 Å². The van der Waals surface area contributed by atoms with Crippen molar-refractivity contribution in [1.29, 1.82) is 0 Å². The average molecular weight is 296 g/mol. The van der Waals surface area contributed by atoms with Crippen molar-refractivity contribution in [1.82, 2.24) is 4.90 Å². The Morgan fingerprint density at radius 2 is 1.52 bits per heavy atom. The van der Waals surface area contributed by atoms with E-state index < -0.39 is 0 Å². The third-order valence-corrected chi connectivity index (χ3v) is 5.78. The van der Waals surface area contributed by atoms with E-state index in [-0.39, 0.29) is 5.60 Å². The molecule has 2 unspecified atom stereocenters. The van der Waals surface area contributed by atoms with Crippen molar-refractivity contribution in [3.05, 3.63) is 0 Å². The number of aliphatic hydroxyl groups is 1. The van der Waals surface area contributed by atoms with Crippen LogP contribution in [0.25, 0.3) is 0 Å². The number of unbranched alkanes of at least 4 members (excludes halogenated alkanes) is 9. The van der Waals surface area contributed by atoms with Crippen molar-refractivity contribution in [3.63, 3.8) is 0 Å². The van der Waals surface area contributed by atoms with Crippen LogP contribution in [0.15, 0.2) is 0 Å². The van der Waals surface area contributed by atoms with E-state index in [1.807, 2.05) is 0 Å². The molecule has 2 heterocycles. The van der Waals surface area contributed by atoms with Crippen molar-refractivity contribution < 1.29 is 5.11 Å². The summed E-state index contributed by atoms with van der Waals surface area (Å²) in [4.78, 5) is 2.52. The largest absolute Gasteiger partial charge is 0.388 e. The minimum absolute atomic E-state index is 0.337. The molecule has 2 aliphatic rings. The number of rotatable bonds is 11. The quantitative estimate of drug-likeness (QED) is 0.548. The Morgan fingerprint density at radius 1 is 0.905 bits per heavy atom. The van der Waals surface area contributed by atoms with Gasteiger partial charge in [0.25, 0.3) is 0 Å².